The van der Waals surface area contributed by atoms with Crippen molar-refractivity contribution in [2.45, 2.75) is 52.4 Å². The predicted molar refractivity (Wildman–Crippen MR) is 55.6 cm³/mol. The summed E-state index contributed by atoms with van der Waals surface area (Å²) in [5.41, 5.74) is 1.50. The van der Waals surface area contributed by atoms with E-state index in [0.29, 0.717) is 5.78 Å². The molecule has 0 spiro atoms. The molecule has 0 heterocycles. The number of Topliss-reactive ketones (excluding diaryl/α,β-unsaturated/α-hetero) is 1. The minimum atomic E-state index is 0.280. The summed E-state index contributed by atoms with van der Waals surface area (Å²) in [6.07, 6.45) is 8.66. The fourth-order valence-electron chi connectivity index (χ4n) is 1.79. The molecule has 0 N–H and O–H groups in total. The first-order valence-electron chi connectivity index (χ1n) is 5.38. The molecule has 1 rings (SSSR count). The highest BCUT2D eigenvalue weighted by Crippen LogP contribution is 2.17. The van der Waals surface area contributed by atoms with E-state index in [2.05, 4.69) is 19.9 Å². The van der Waals surface area contributed by atoms with E-state index in [9.17, 15) is 4.79 Å². The van der Waals surface area contributed by atoms with Crippen LogP contribution in [-0.2, 0) is 4.79 Å². The molecule has 0 bridgehead atoms. The van der Waals surface area contributed by atoms with E-state index in [1.165, 1.54) is 18.4 Å². The van der Waals surface area contributed by atoms with Crippen molar-refractivity contribution in [3.8, 4) is 0 Å². The number of allylic oxidation sites excluding steroid dienone is 2. The molecule has 13 heavy (non-hydrogen) atoms. The maximum Gasteiger partial charge on any atom is 0.135 e. The van der Waals surface area contributed by atoms with Gasteiger partial charge in [0.2, 0.25) is 0 Å². The number of ketones is 1. The first-order valence-corrected chi connectivity index (χ1v) is 5.38. The second kappa shape index (κ2) is 5.21. The maximum absolute atomic E-state index is 11.5. The first-order chi connectivity index (χ1) is 6.20. The predicted octanol–water partition coefficient (Wildman–Crippen LogP) is 3.49. The molecule has 1 aliphatic carbocycles. The normalized spacial score (nSPS) is 30.8. The van der Waals surface area contributed by atoms with Crippen LogP contribution in [0.5, 0.6) is 0 Å². The van der Waals surface area contributed by atoms with Gasteiger partial charge in [-0.15, -0.1) is 0 Å². The summed E-state index contributed by atoms with van der Waals surface area (Å²) >= 11 is 0. The number of carbonyl (C=O) groups is 1. The third-order valence-electron chi connectivity index (χ3n) is 2.89. The molecule has 0 aliphatic heterocycles. The molecular formula is C12H20O. The highest BCUT2D eigenvalue weighted by atomic mass is 16.1. The second-order valence-electron chi connectivity index (χ2n) is 4.20. The van der Waals surface area contributed by atoms with E-state index < -0.39 is 0 Å². The Morgan fingerprint density at radius 3 is 2.77 bits per heavy atom. The Balaban J connectivity index is 2.50. The Bertz CT molecular complexity index is 203. The van der Waals surface area contributed by atoms with Crippen molar-refractivity contribution in [1.29, 1.82) is 0 Å². The van der Waals surface area contributed by atoms with Crippen LogP contribution in [0.3, 0.4) is 0 Å². The zero-order valence-electron chi connectivity index (χ0n) is 8.81. The molecule has 1 aliphatic rings. The fourth-order valence-corrected chi connectivity index (χ4v) is 1.79. The van der Waals surface area contributed by atoms with Crippen LogP contribution in [0.25, 0.3) is 0 Å². The van der Waals surface area contributed by atoms with Crippen LogP contribution in [0.2, 0.25) is 0 Å². The summed E-state index contributed by atoms with van der Waals surface area (Å²) in [7, 11) is 0. The van der Waals surface area contributed by atoms with Gasteiger partial charge in [-0.3, -0.25) is 4.79 Å². The van der Waals surface area contributed by atoms with E-state index in [4.69, 9.17) is 0 Å². The van der Waals surface area contributed by atoms with Gasteiger partial charge in [0.1, 0.15) is 5.78 Å². The van der Waals surface area contributed by atoms with Crippen molar-refractivity contribution in [3.63, 3.8) is 0 Å². The molecule has 1 nitrogen and oxygen atoms in total. The topological polar surface area (TPSA) is 17.1 Å². The summed E-state index contributed by atoms with van der Waals surface area (Å²) in [4.78, 5) is 11.5. The van der Waals surface area contributed by atoms with Crippen LogP contribution < -0.4 is 0 Å². The van der Waals surface area contributed by atoms with Crippen molar-refractivity contribution in [3.05, 3.63) is 11.6 Å². The summed E-state index contributed by atoms with van der Waals surface area (Å²) in [5, 5.41) is 0. The number of rotatable bonds is 0. The van der Waals surface area contributed by atoms with Gasteiger partial charge in [-0.05, 0) is 39.0 Å². The Morgan fingerprint density at radius 1 is 1.31 bits per heavy atom. The zero-order valence-corrected chi connectivity index (χ0v) is 8.81. The molecule has 1 unspecified atom stereocenters. The second-order valence-corrected chi connectivity index (χ2v) is 4.20. The molecule has 1 heteroatoms. The number of carbonyl (C=O) groups excluding carboxylic acids is 1. The van der Waals surface area contributed by atoms with E-state index in [1.54, 1.807) is 0 Å². The van der Waals surface area contributed by atoms with Gasteiger partial charge in [-0.25, -0.2) is 0 Å². The lowest BCUT2D eigenvalue weighted by atomic mass is 9.93. The Hall–Kier alpha value is -0.590. The minimum absolute atomic E-state index is 0.280. The first kappa shape index (κ1) is 10.5. The van der Waals surface area contributed by atoms with Crippen LogP contribution in [0.4, 0.5) is 0 Å². The van der Waals surface area contributed by atoms with Gasteiger partial charge < -0.3 is 0 Å². The molecule has 0 aromatic heterocycles. The smallest absolute Gasteiger partial charge is 0.135 e. The monoisotopic (exact) mass is 180 g/mol. The summed E-state index contributed by atoms with van der Waals surface area (Å²) < 4.78 is 0. The van der Waals surface area contributed by atoms with Crippen LogP contribution >= 0.6 is 0 Å². The lowest BCUT2D eigenvalue weighted by Gasteiger charge is -2.11. The fraction of sp³-hybridized carbons (Fsp3) is 0.750. The SMILES string of the molecule is C/C1=C/CCC(C)C(=O)CCCC1. The Kier molecular flexibility index (Phi) is 4.20. The molecule has 0 radical (unpaired) electrons. The van der Waals surface area contributed by atoms with Gasteiger partial charge in [0, 0.05) is 12.3 Å². The van der Waals surface area contributed by atoms with Gasteiger partial charge in [-0.1, -0.05) is 18.6 Å². The number of hydrogen-bond acceptors (Lipinski definition) is 1. The standard InChI is InChI=1S/C12H20O/c1-10-6-3-4-9-12(13)11(2)8-5-7-10/h7,11H,3-6,8-9H2,1-2H3/b10-7-. The van der Waals surface area contributed by atoms with Crippen molar-refractivity contribution < 1.29 is 4.79 Å². The molecule has 0 saturated carbocycles. The highest BCUT2D eigenvalue weighted by Gasteiger charge is 2.12. The third kappa shape index (κ3) is 3.75. The van der Waals surface area contributed by atoms with Crippen LogP contribution in [0, 0.1) is 5.92 Å². The summed E-state index contributed by atoms with van der Waals surface area (Å²) in [6.45, 7) is 4.27. The Morgan fingerprint density at radius 2 is 2.00 bits per heavy atom. The lowest BCUT2D eigenvalue weighted by Crippen LogP contribution is -2.10. The van der Waals surface area contributed by atoms with Crippen LogP contribution in [0.1, 0.15) is 52.4 Å². The van der Waals surface area contributed by atoms with E-state index in [1.807, 2.05) is 0 Å². The van der Waals surface area contributed by atoms with Gasteiger partial charge in [0.25, 0.3) is 0 Å². The van der Waals surface area contributed by atoms with Crippen molar-refractivity contribution in [2.75, 3.05) is 0 Å². The van der Waals surface area contributed by atoms with Crippen LogP contribution in [-0.4, -0.2) is 5.78 Å². The quantitative estimate of drug-likeness (QED) is 0.521. The highest BCUT2D eigenvalue weighted by molar-refractivity contribution is 5.80. The van der Waals surface area contributed by atoms with Gasteiger partial charge in [0.05, 0.1) is 0 Å². The zero-order chi connectivity index (χ0) is 9.68. The molecule has 0 aromatic rings. The van der Waals surface area contributed by atoms with Gasteiger partial charge >= 0.3 is 0 Å². The van der Waals surface area contributed by atoms with E-state index in [0.717, 1.165) is 25.7 Å². The molecule has 0 amide bonds. The molecule has 0 fully saturated rings. The van der Waals surface area contributed by atoms with Crippen molar-refractivity contribution in [1.82, 2.24) is 0 Å². The molecule has 0 aromatic carbocycles. The lowest BCUT2D eigenvalue weighted by molar-refractivity contribution is -0.122. The molecular weight excluding hydrogens is 160 g/mol. The average Bonchev–Trinajstić information content (AvgIpc) is 2.11. The molecule has 74 valence electrons. The summed E-state index contributed by atoms with van der Waals surface area (Å²) in [5.74, 6) is 0.745. The largest absolute Gasteiger partial charge is 0.299 e. The van der Waals surface area contributed by atoms with E-state index >= 15 is 0 Å². The van der Waals surface area contributed by atoms with Crippen molar-refractivity contribution in [2.24, 2.45) is 5.92 Å². The molecule has 1 atom stereocenters. The third-order valence-corrected chi connectivity index (χ3v) is 2.89. The summed E-state index contributed by atoms with van der Waals surface area (Å²) in [6, 6.07) is 0. The van der Waals surface area contributed by atoms with Crippen LogP contribution in [0.15, 0.2) is 11.6 Å². The average molecular weight is 180 g/mol. The minimum Gasteiger partial charge on any atom is -0.299 e. The maximum atomic E-state index is 11.5. The van der Waals surface area contributed by atoms with Crippen molar-refractivity contribution >= 4 is 5.78 Å². The number of hydrogen-bond donors (Lipinski definition) is 0. The molecule has 0 saturated heterocycles. The van der Waals surface area contributed by atoms with Gasteiger partial charge in [-0.2, -0.15) is 0 Å². The van der Waals surface area contributed by atoms with E-state index in [-0.39, 0.29) is 5.92 Å². The Labute approximate surface area is 81.2 Å². The van der Waals surface area contributed by atoms with Gasteiger partial charge in [0.15, 0.2) is 0 Å².